The van der Waals surface area contributed by atoms with Crippen LogP contribution in [0.4, 0.5) is 0 Å². The van der Waals surface area contributed by atoms with E-state index in [2.05, 4.69) is 31.9 Å². The molecule has 4 rings (SSSR count). The summed E-state index contributed by atoms with van der Waals surface area (Å²) in [6, 6.07) is 10.6. The van der Waals surface area contributed by atoms with Crippen LogP contribution in [-0.2, 0) is 23.6 Å². The summed E-state index contributed by atoms with van der Waals surface area (Å²) in [5.41, 5.74) is 0.397. The van der Waals surface area contributed by atoms with Crippen LogP contribution in [0.1, 0.15) is 0 Å². The van der Waals surface area contributed by atoms with Crippen LogP contribution < -0.4 is 9.83 Å². The average molecular weight is 590 g/mol. The number of fused-ring (bicyclic) bond motifs is 3. The molecular weight excluding hydrogens is 571 g/mol. The summed E-state index contributed by atoms with van der Waals surface area (Å²) in [4.78, 5) is 25.3. The number of aliphatic hydroxyl groups is 2. The molecule has 2 aliphatic rings. The van der Waals surface area contributed by atoms with E-state index in [1.807, 2.05) is 12.1 Å². The smallest absolute Gasteiger partial charge is 0.310 e. The molecule has 0 bridgehead atoms. The lowest BCUT2D eigenvalue weighted by atomic mass is 10.0. The van der Waals surface area contributed by atoms with Crippen LogP contribution in [0.5, 0.6) is 5.75 Å². The van der Waals surface area contributed by atoms with Crippen LogP contribution >= 0.6 is 39.2 Å². The van der Waals surface area contributed by atoms with Crippen LogP contribution in [0.25, 0.3) is 11.1 Å². The molecular formula is C21H19Br2O8P. The number of benzene rings is 2. The van der Waals surface area contributed by atoms with Gasteiger partial charge in [0.05, 0.1) is 40.5 Å². The van der Waals surface area contributed by atoms with E-state index in [1.165, 1.54) is 0 Å². The lowest BCUT2D eigenvalue weighted by Gasteiger charge is -2.30. The van der Waals surface area contributed by atoms with Crippen molar-refractivity contribution in [2.24, 2.45) is 11.8 Å². The highest BCUT2D eigenvalue weighted by molar-refractivity contribution is 9.11. The lowest BCUT2D eigenvalue weighted by Crippen LogP contribution is -2.23. The van der Waals surface area contributed by atoms with Gasteiger partial charge >= 0.3 is 11.9 Å². The van der Waals surface area contributed by atoms with Gasteiger partial charge in [-0.1, -0.05) is 34.1 Å². The number of carbonyl (C=O) groups is 2. The minimum atomic E-state index is -3.79. The molecule has 0 aromatic heterocycles. The Morgan fingerprint density at radius 2 is 1.56 bits per heavy atom. The number of carbonyl (C=O) groups excluding carboxylic acids is 2. The second-order valence-electron chi connectivity index (χ2n) is 7.29. The van der Waals surface area contributed by atoms with E-state index in [1.54, 1.807) is 24.3 Å². The first-order valence-electron chi connectivity index (χ1n) is 9.76. The zero-order valence-electron chi connectivity index (χ0n) is 16.6. The van der Waals surface area contributed by atoms with Crippen molar-refractivity contribution in [2.45, 2.75) is 5.66 Å². The molecule has 0 saturated heterocycles. The SMILES string of the molecule is O=C(OCCO)C1C(C(=O)OCCO)C1P1(=O)Oc2c(Br)cc(Br)cc2-c2ccccc21. The first-order valence-corrected chi connectivity index (χ1v) is 13.0. The fourth-order valence-corrected chi connectivity index (χ4v) is 8.63. The van der Waals surface area contributed by atoms with E-state index in [0.29, 0.717) is 26.7 Å². The summed E-state index contributed by atoms with van der Waals surface area (Å²) in [5, 5.41) is 18.4. The summed E-state index contributed by atoms with van der Waals surface area (Å²) >= 11 is 6.90. The normalized spacial score (nSPS) is 25.2. The van der Waals surface area contributed by atoms with Crippen molar-refractivity contribution >= 4 is 56.5 Å². The number of aliphatic hydroxyl groups excluding tert-OH is 2. The van der Waals surface area contributed by atoms with Gasteiger partial charge in [-0.15, -0.1) is 0 Å². The van der Waals surface area contributed by atoms with Gasteiger partial charge in [-0.2, -0.15) is 0 Å². The first kappa shape index (κ1) is 23.4. The van der Waals surface area contributed by atoms with Gasteiger partial charge in [0.25, 0.3) is 7.37 Å². The fourth-order valence-electron chi connectivity index (χ4n) is 4.01. The lowest BCUT2D eigenvalue weighted by molar-refractivity contribution is -0.152. The first-order chi connectivity index (χ1) is 15.3. The molecule has 11 heteroatoms. The van der Waals surface area contributed by atoms with Gasteiger partial charge in [0, 0.05) is 10.0 Å². The topological polar surface area (TPSA) is 119 Å². The van der Waals surface area contributed by atoms with Crippen molar-refractivity contribution < 1.29 is 38.4 Å². The molecule has 2 aromatic carbocycles. The molecule has 1 heterocycles. The van der Waals surface area contributed by atoms with Crippen molar-refractivity contribution in [1.82, 2.24) is 0 Å². The molecule has 1 saturated carbocycles. The molecule has 1 fully saturated rings. The highest BCUT2D eigenvalue weighted by Gasteiger charge is 2.71. The Labute approximate surface area is 200 Å². The van der Waals surface area contributed by atoms with Gasteiger partial charge in [-0.3, -0.25) is 14.2 Å². The molecule has 0 radical (unpaired) electrons. The third-order valence-corrected chi connectivity index (χ3v) is 9.34. The molecule has 0 spiro atoms. The maximum atomic E-state index is 14.4. The molecule has 2 aromatic rings. The van der Waals surface area contributed by atoms with Gasteiger partial charge in [0.1, 0.15) is 19.0 Å². The van der Waals surface area contributed by atoms with E-state index in [0.717, 1.165) is 4.47 Å². The van der Waals surface area contributed by atoms with Crippen molar-refractivity contribution in [3.05, 3.63) is 45.3 Å². The molecule has 3 unspecified atom stereocenters. The highest BCUT2D eigenvalue weighted by Crippen LogP contribution is 2.70. The predicted octanol–water partition coefficient (Wildman–Crippen LogP) is 2.86. The van der Waals surface area contributed by atoms with Gasteiger partial charge in [0.15, 0.2) is 0 Å². The fraction of sp³-hybridized carbons (Fsp3) is 0.333. The zero-order chi connectivity index (χ0) is 23.0. The Kier molecular flexibility index (Phi) is 6.79. The summed E-state index contributed by atoms with van der Waals surface area (Å²) in [5.74, 6) is -3.27. The second-order valence-corrected chi connectivity index (χ2v) is 11.5. The minimum Gasteiger partial charge on any atom is -0.463 e. The molecule has 0 amide bonds. The van der Waals surface area contributed by atoms with Crippen LogP contribution in [-0.4, -0.2) is 54.2 Å². The van der Waals surface area contributed by atoms with E-state index < -0.39 is 36.8 Å². The maximum absolute atomic E-state index is 14.4. The minimum absolute atomic E-state index is 0.245. The molecule has 3 atom stereocenters. The van der Waals surface area contributed by atoms with Crippen molar-refractivity contribution in [3.8, 4) is 16.9 Å². The Hall–Kier alpha value is -1.71. The van der Waals surface area contributed by atoms with Crippen molar-refractivity contribution in [2.75, 3.05) is 26.4 Å². The molecule has 1 aliphatic carbocycles. The van der Waals surface area contributed by atoms with Gasteiger partial charge in [-0.25, -0.2) is 0 Å². The van der Waals surface area contributed by atoms with E-state index in [-0.39, 0.29) is 26.4 Å². The Balaban J connectivity index is 1.79. The second kappa shape index (κ2) is 9.27. The monoisotopic (exact) mass is 588 g/mol. The molecule has 1 aliphatic heterocycles. The standard InChI is InChI=1S/C21H19Br2O8P/c22-11-9-13-12-3-1-2-4-15(12)32(28,31-18(13)14(23)10-11)19-16(20(26)29-7-5-24)17(19)21(27)30-8-6-25/h1-4,9-10,16-17,19,24-25H,5-8H2. The predicted molar refractivity (Wildman–Crippen MR) is 122 cm³/mol. The zero-order valence-corrected chi connectivity index (χ0v) is 20.6. The molecule has 32 heavy (non-hydrogen) atoms. The summed E-state index contributed by atoms with van der Waals surface area (Å²) in [7, 11) is -3.79. The highest BCUT2D eigenvalue weighted by atomic mass is 79.9. The quantitative estimate of drug-likeness (QED) is 0.374. The summed E-state index contributed by atoms with van der Waals surface area (Å²) < 4.78 is 31.9. The van der Waals surface area contributed by atoms with Gasteiger partial charge < -0.3 is 24.2 Å². The molecule has 8 nitrogen and oxygen atoms in total. The number of ether oxygens (including phenoxy) is 2. The summed E-state index contributed by atoms with van der Waals surface area (Å²) in [6.07, 6.45) is 0. The molecule has 2 N–H and O–H groups in total. The number of hydrogen-bond acceptors (Lipinski definition) is 8. The van der Waals surface area contributed by atoms with Gasteiger partial charge in [0.2, 0.25) is 0 Å². The molecule has 170 valence electrons. The number of halogens is 2. The average Bonchev–Trinajstić information content (AvgIpc) is 3.54. The van der Waals surface area contributed by atoms with Crippen molar-refractivity contribution in [3.63, 3.8) is 0 Å². The van der Waals surface area contributed by atoms with Crippen LogP contribution in [0.2, 0.25) is 0 Å². The van der Waals surface area contributed by atoms with Crippen LogP contribution in [0, 0.1) is 11.8 Å². The maximum Gasteiger partial charge on any atom is 0.310 e. The van der Waals surface area contributed by atoms with Gasteiger partial charge in [-0.05, 0) is 39.7 Å². The largest absolute Gasteiger partial charge is 0.463 e. The third kappa shape index (κ3) is 4.03. The number of hydrogen-bond donors (Lipinski definition) is 2. The van der Waals surface area contributed by atoms with Crippen LogP contribution in [0.15, 0.2) is 45.3 Å². The van der Waals surface area contributed by atoms with E-state index >= 15 is 0 Å². The third-order valence-electron chi connectivity index (χ3n) is 5.36. The number of esters is 2. The number of rotatable bonds is 7. The summed E-state index contributed by atoms with van der Waals surface area (Å²) in [6.45, 7) is -1.25. The Morgan fingerprint density at radius 3 is 2.16 bits per heavy atom. The van der Waals surface area contributed by atoms with Crippen molar-refractivity contribution in [1.29, 1.82) is 0 Å². The Bertz CT molecular complexity index is 1090. The van der Waals surface area contributed by atoms with E-state index in [4.69, 9.17) is 24.2 Å². The Morgan fingerprint density at radius 1 is 0.969 bits per heavy atom. The van der Waals surface area contributed by atoms with Crippen LogP contribution in [0.3, 0.4) is 0 Å². The van der Waals surface area contributed by atoms with E-state index in [9.17, 15) is 14.2 Å².